The molecule has 0 saturated heterocycles. The fraction of sp³-hybridized carbons (Fsp3) is 0.250. The number of aromatic nitrogens is 1. The highest BCUT2D eigenvalue weighted by molar-refractivity contribution is 14.1. The Morgan fingerprint density at radius 3 is 2.79 bits per heavy atom. The lowest BCUT2D eigenvalue weighted by atomic mass is 10.1. The summed E-state index contributed by atoms with van der Waals surface area (Å²) < 4.78 is 26.0. The second-order valence-corrected chi connectivity index (χ2v) is 4.38. The lowest BCUT2D eigenvalue weighted by Crippen LogP contribution is -2.01. The van der Waals surface area contributed by atoms with Gasteiger partial charge in [0, 0.05) is 4.47 Å². The zero-order valence-corrected chi connectivity index (χ0v) is 10.5. The number of nitrogens with zero attached hydrogens (tertiary/aromatic N) is 2. The molecular weight excluding hydrogens is 369 g/mol. The van der Waals surface area contributed by atoms with E-state index in [2.05, 4.69) is 20.9 Å². The molecule has 0 aliphatic rings. The standard InChI is InChI=1S/C8H4BrF2IN2/c9-4-3-6(12)14-5(1-2-13)7(4)8(10)11/h3,8H,1H2. The number of rotatable bonds is 2. The first-order chi connectivity index (χ1) is 6.56. The number of alkyl halides is 2. The molecule has 0 aliphatic heterocycles. The molecule has 0 atom stereocenters. The third kappa shape index (κ3) is 2.60. The van der Waals surface area contributed by atoms with Gasteiger partial charge in [-0.15, -0.1) is 0 Å². The summed E-state index contributed by atoms with van der Waals surface area (Å²) in [7, 11) is 0. The van der Waals surface area contributed by atoms with Crippen LogP contribution in [0.15, 0.2) is 10.5 Å². The quantitative estimate of drug-likeness (QED) is 0.589. The van der Waals surface area contributed by atoms with Crippen molar-refractivity contribution in [2.45, 2.75) is 12.8 Å². The molecule has 74 valence electrons. The van der Waals surface area contributed by atoms with Crippen LogP contribution < -0.4 is 0 Å². The van der Waals surface area contributed by atoms with Crippen molar-refractivity contribution in [3.05, 3.63) is 25.5 Å². The van der Waals surface area contributed by atoms with Gasteiger partial charge in [0.2, 0.25) is 0 Å². The highest BCUT2D eigenvalue weighted by atomic mass is 127. The van der Waals surface area contributed by atoms with Crippen LogP contribution >= 0.6 is 38.5 Å². The first kappa shape index (κ1) is 11.8. The van der Waals surface area contributed by atoms with Gasteiger partial charge < -0.3 is 0 Å². The molecule has 0 saturated carbocycles. The Hall–Kier alpha value is -0.290. The van der Waals surface area contributed by atoms with Gasteiger partial charge in [0.15, 0.2) is 0 Å². The minimum absolute atomic E-state index is 0.102. The summed E-state index contributed by atoms with van der Waals surface area (Å²) in [6.45, 7) is 0. The van der Waals surface area contributed by atoms with E-state index in [1.807, 2.05) is 28.7 Å². The summed E-state index contributed by atoms with van der Waals surface area (Å²) in [6, 6.07) is 3.32. The highest BCUT2D eigenvalue weighted by Crippen LogP contribution is 2.30. The van der Waals surface area contributed by atoms with Crippen LogP contribution in [0.5, 0.6) is 0 Å². The Kier molecular flexibility index (Phi) is 4.19. The van der Waals surface area contributed by atoms with E-state index in [9.17, 15) is 8.78 Å². The summed E-state index contributed by atoms with van der Waals surface area (Å²) in [6.07, 6.45) is -2.72. The predicted molar refractivity (Wildman–Crippen MR) is 58.9 cm³/mol. The molecule has 0 fully saturated rings. The number of hydrogen-bond donors (Lipinski definition) is 0. The second-order valence-electron chi connectivity index (χ2n) is 2.42. The van der Waals surface area contributed by atoms with E-state index in [0.717, 1.165) is 0 Å². The predicted octanol–water partition coefficient (Wildman–Crippen LogP) is 3.45. The fourth-order valence-electron chi connectivity index (χ4n) is 0.981. The molecule has 6 heteroatoms. The van der Waals surface area contributed by atoms with Crippen LogP contribution in [-0.4, -0.2) is 4.98 Å². The Bertz CT molecular complexity index is 390. The van der Waals surface area contributed by atoms with Crippen LogP contribution in [0, 0.1) is 15.0 Å². The zero-order chi connectivity index (χ0) is 10.7. The monoisotopic (exact) mass is 372 g/mol. The Balaban J connectivity index is 3.30. The van der Waals surface area contributed by atoms with Crippen LogP contribution in [0.3, 0.4) is 0 Å². The SMILES string of the molecule is N#CCc1nc(I)cc(Br)c1C(F)F. The highest BCUT2D eigenvalue weighted by Gasteiger charge is 2.18. The molecule has 0 N–H and O–H groups in total. The van der Waals surface area contributed by atoms with Crippen molar-refractivity contribution in [2.24, 2.45) is 0 Å². The normalized spacial score (nSPS) is 10.3. The molecule has 14 heavy (non-hydrogen) atoms. The maximum Gasteiger partial charge on any atom is 0.266 e. The summed E-state index contributed by atoms with van der Waals surface area (Å²) in [4.78, 5) is 3.90. The van der Waals surface area contributed by atoms with Gasteiger partial charge in [0.25, 0.3) is 6.43 Å². The average Bonchev–Trinajstić information content (AvgIpc) is 2.01. The van der Waals surface area contributed by atoms with E-state index in [-0.39, 0.29) is 17.7 Å². The molecule has 0 aliphatic carbocycles. The van der Waals surface area contributed by atoms with Gasteiger partial charge >= 0.3 is 0 Å². The fourth-order valence-corrected chi connectivity index (χ4v) is 2.63. The molecule has 0 radical (unpaired) electrons. The van der Waals surface area contributed by atoms with Crippen molar-refractivity contribution in [1.29, 1.82) is 5.26 Å². The summed E-state index contributed by atoms with van der Waals surface area (Å²) in [5.74, 6) is 0. The Morgan fingerprint density at radius 2 is 2.29 bits per heavy atom. The van der Waals surface area contributed by atoms with Crippen LogP contribution in [0.25, 0.3) is 0 Å². The zero-order valence-electron chi connectivity index (χ0n) is 6.77. The topological polar surface area (TPSA) is 36.7 Å². The van der Waals surface area contributed by atoms with Gasteiger partial charge in [-0.25, -0.2) is 13.8 Å². The molecule has 0 aromatic carbocycles. The first-order valence-corrected chi connectivity index (χ1v) is 5.43. The molecular formula is C8H4BrF2IN2. The van der Waals surface area contributed by atoms with E-state index in [1.54, 1.807) is 0 Å². The van der Waals surface area contributed by atoms with Crippen molar-refractivity contribution >= 4 is 38.5 Å². The average molecular weight is 373 g/mol. The molecule has 2 nitrogen and oxygen atoms in total. The maximum absolute atomic E-state index is 12.6. The van der Waals surface area contributed by atoms with Crippen molar-refractivity contribution in [3.63, 3.8) is 0 Å². The van der Waals surface area contributed by atoms with Crippen molar-refractivity contribution in [3.8, 4) is 6.07 Å². The van der Waals surface area contributed by atoms with Gasteiger partial charge in [-0.3, -0.25) is 0 Å². The lowest BCUT2D eigenvalue weighted by Gasteiger charge is -2.07. The van der Waals surface area contributed by atoms with Crippen LogP contribution in [0.2, 0.25) is 0 Å². The van der Waals surface area contributed by atoms with E-state index in [1.165, 1.54) is 6.07 Å². The number of halogens is 4. The molecule has 0 unspecified atom stereocenters. The summed E-state index contributed by atoms with van der Waals surface area (Å²) >= 11 is 4.95. The van der Waals surface area contributed by atoms with Crippen molar-refractivity contribution in [1.82, 2.24) is 4.98 Å². The van der Waals surface area contributed by atoms with E-state index >= 15 is 0 Å². The van der Waals surface area contributed by atoms with Crippen LogP contribution in [-0.2, 0) is 6.42 Å². The third-order valence-electron chi connectivity index (χ3n) is 1.52. The van der Waals surface area contributed by atoms with Crippen molar-refractivity contribution in [2.75, 3.05) is 0 Å². The molecule has 1 heterocycles. The molecule has 1 aromatic rings. The van der Waals surface area contributed by atoms with Crippen LogP contribution in [0.4, 0.5) is 8.78 Å². The van der Waals surface area contributed by atoms with Gasteiger partial charge in [-0.2, -0.15) is 5.26 Å². The minimum Gasteiger partial charge on any atom is -0.245 e. The second kappa shape index (κ2) is 4.98. The van der Waals surface area contributed by atoms with E-state index in [0.29, 0.717) is 8.17 Å². The largest absolute Gasteiger partial charge is 0.266 e. The molecule has 1 rings (SSSR count). The van der Waals surface area contributed by atoms with Crippen LogP contribution in [0.1, 0.15) is 17.7 Å². The molecule has 0 bridgehead atoms. The van der Waals surface area contributed by atoms with Gasteiger partial charge in [0.05, 0.1) is 23.7 Å². The lowest BCUT2D eigenvalue weighted by molar-refractivity contribution is 0.149. The maximum atomic E-state index is 12.6. The third-order valence-corrected chi connectivity index (χ3v) is 2.73. The number of nitriles is 1. The minimum atomic E-state index is -2.61. The number of hydrogen-bond acceptors (Lipinski definition) is 2. The summed E-state index contributed by atoms with van der Waals surface area (Å²) in [5.41, 5.74) is -0.0479. The Labute approximate surface area is 102 Å². The summed E-state index contributed by atoms with van der Waals surface area (Å²) in [5, 5.41) is 8.46. The molecule has 0 amide bonds. The van der Waals surface area contributed by atoms with Gasteiger partial charge in [0.1, 0.15) is 3.70 Å². The number of pyridine rings is 1. The smallest absolute Gasteiger partial charge is 0.245 e. The molecule has 0 spiro atoms. The first-order valence-electron chi connectivity index (χ1n) is 3.56. The Morgan fingerprint density at radius 1 is 1.64 bits per heavy atom. The van der Waals surface area contributed by atoms with E-state index < -0.39 is 6.43 Å². The van der Waals surface area contributed by atoms with E-state index in [4.69, 9.17) is 5.26 Å². The van der Waals surface area contributed by atoms with Gasteiger partial charge in [-0.05, 0) is 28.7 Å². The molecule has 1 aromatic heterocycles. The van der Waals surface area contributed by atoms with Gasteiger partial charge in [-0.1, -0.05) is 15.9 Å². The van der Waals surface area contributed by atoms with Crippen molar-refractivity contribution < 1.29 is 8.78 Å².